The molecule has 10 heteroatoms. The van der Waals surface area contributed by atoms with Gasteiger partial charge in [0, 0.05) is 41.9 Å². The third kappa shape index (κ3) is 5.59. The molecule has 0 fully saturated rings. The van der Waals surface area contributed by atoms with Crippen LogP contribution in [-0.4, -0.2) is 41.7 Å². The van der Waals surface area contributed by atoms with Crippen LogP contribution >= 0.6 is 0 Å². The Labute approximate surface area is 213 Å². The molecule has 0 bridgehead atoms. The fourth-order valence-corrected chi connectivity index (χ4v) is 4.54. The third-order valence-electron chi connectivity index (χ3n) is 6.26. The maximum absolute atomic E-state index is 13.1. The van der Waals surface area contributed by atoms with Crippen molar-refractivity contribution in [1.82, 2.24) is 35.1 Å². The number of ether oxygens (including phenoxy) is 1. The SMILES string of the molecule is CCOc1ccc2[nH]c(=O)c(CN(Cc3cccnc3)C(CC)c3nnnn3Cc3ccco3)cc2c1. The van der Waals surface area contributed by atoms with Gasteiger partial charge in [0.05, 0.1) is 18.9 Å². The van der Waals surface area contributed by atoms with E-state index in [0.29, 0.717) is 37.6 Å². The van der Waals surface area contributed by atoms with E-state index in [0.717, 1.165) is 34.4 Å². The van der Waals surface area contributed by atoms with Crippen molar-refractivity contribution in [1.29, 1.82) is 0 Å². The highest BCUT2D eigenvalue weighted by atomic mass is 16.5. The van der Waals surface area contributed by atoms with Gasteiger partial charge in [-0.3, -0.25) is 14.7 Å². The summed E-state index contributed by atoms with van der Waals surface area (Å²) in [6.45, 7) is 5.99. The van der Waals surface area contributed by atoms with Crippen molar-refractivity contribution in [2.45, 2.75) is 45.9 Å². The summed E-state index contributed by atoms with van der Waals surface area (Å²) >= 11 is 0. The summed E-state index contributed by atoms with van der Waals surface area (Å²) in [5, 5.41) is 13.5. The number of nitrogens with zero attached hydrogens (tertiary/aromatic N) is 6. The van der Waals surface area contributed by atoms with Gasteiger partial charge >= 0.3 is 0 Å². The van der Waals surface area contributed by atoms with Gasteiger partial charge in [0.15, 0.2) is 5.82 Å². The molecule has 1 unspecified atom stereocenters. The second kappa shape index (κ2) is 11.2. The number of H-pyrrole nitrogens is 1. The first-order chi connectivity index (χ1) is 18.1. The first-order valence-electron chi connectivity index (χ1n) is 12.3. The minimum Gasteiger partial charge on any atom is -0.494 e. The molecule has 0 aliphatic rings. The fourth-order valence-electron chi connectivity index (χ4n) is 4.54. The number of hydrogen-bond donors (Lipinski definition) is 1. The lowest BCUT2D eigenvalue weighted by molar-refractivity contribution is 0.160. The number of hydrogen-bond acceptors (Lipinski definition) is 8. The van der Waals surface area contributed by atoms with E-state index < -0.39 is 0 Å². The summed E-state index contributed by atoms with van der Waals surface area (Å²) < 4.78 is 12.9. The molecule has 4 heterocycles. The van der Waals surface area contributed by atoms with E-state index in [2.05, 4.69) is 37.3 Å². The molecule has 0 aliphatic heterocycles. The van der Waals surface area contributed by atoms with Crippen LogP contribution in [0.15, 0.2) is 76.4 Å². The molecule has 190 valence electrons. The number of pyridine rings is 2. The quantitative estimate of drug-likeness (QED) is 0.289. The molecule has 0 amide bonds. The van der Waals surface area contributed by atoms with Gasteiger partial charge < -0.3 is 14.1 Å². The van der Waals surface area contributed by atoms with Crippen molar-refractivity contribution in [3.63, 3.8) is 0 Å². The van der Waals surface area contributed by atoms with Crippen molar-refractivity contribution in [3.05, 3.63) is 100 Å². The molecule has 5 aromatic rings. The first kappa shape index (κ1) is 24.4. The molecule has 0 aliphatic carbocycles. The van der Waals surface area contributed by atoms with E-state index in [1.54, 1.807) is 17.1 Å². The Bertz CT molecular complexity index is 1500. The van der Waals surface area contributed by atoms with E-state index in [-0.39, 0.29) is 11.6 Å². The van der Waals surface area contributed by atoms with Gasteiger partial charge in [-0.1, -0.05) is 13.0 Å². The average Bonchev–Trinajstić information content (AvgIpc) is 3.59. The number of aromatic nitrogens is 6. The van der Waals surface area contributed by atoms with Gasteiger partial charge in [0.1, 0.15) is 18.1 Å². The van der Waals surface area contributed by atoms with E-state index in [9.17, 15) is 4.79 Å². The number of tetrazole rings is 1. The van der Waals surface area contributed by atoms with Gasteiger partial charge in [-0.15, -0.1) is 5.10 Å². The predicted molar refractivity (Wildman–Crippen MR) is 138 cm³/mol. The van der Waals surface area contributed by atoms with Crippen LogP contribution in [0.25, 0.3) is 10.9 Å². The smallest absolute Gasteiger partial charge is 0.252 e. The van der Waals surface area contributed by atoms with Crippen molar-refractivity contribution in [2.24, 2.45) is 0 Å². The lowest BCUT2D eigenvalue weighted by Gasteiger charge is -2.30. The molecule has 0 saturated carbocycles. The fraction of sp³-hybridized carbons (Fsp3) is 0.296. The molecular formula is C27H29N7O3. The average molecular weight is 500 g/mol. The Morgan fingerprint density at radius 2 is 2.05 bits per heavy atom. The molecule has 0 spiro atoms. The molecule has 1 N–H and O–H groups in total. The summed E-state index contributed by atoms with van der Waals surface area (Å²) in [6.07, 6.45) is 5.96. The highest BCUT2D eigenvalue weighted by Gasteiger charge is 2.26. The highest BCUT2D eigenvalue weighted by Crippen LogP contribution is 2.27. The largest absolute Gasteiger partial charge is 0.494 e. The van der Waals surface area contributed by atoms with Crippen LogP contribution in [0.5, 0.6) is 5.75 Å². The molecule has 10 nitrogen and oxygen atoms in total. The Kier molecular flexibility index (Phi) is 7.36. The lowest BCUT2D eigenvalue weighted by atomic mass is 10.1. The molecule has 4 aromatic heterocycles. The van der Waals surface area contributed by atoms with E-state index in [1.807, 2.05) is 61.7 Å². The number of rotatable bonds is 11. The Morgan fingerprint density at radius 3 is 2.81 bits per heavy atom. The number of benzene rings is 1. The molecular weight excluding hydrogens is 470 g/mol. The Morgan fingerprint density at radius 1 is 1.14 bits per heavy atom. The van der Waals surface area contributed by atoms with Crippen LogP contribution in [-0.2, 0) is 19.6 Å². The van der Waals surface area contributed by atoms with Gasteiger partial charge in [-0.2, -0.15) is 0 Å². The second-order valence-electron chi connectivity index (χ2n) is 8.77. The number of aromatic amines is 1. The molecule has 37 heavy (non-hydrogen) atoms. The van der Waals surface area contributed by atoms with Gasteiger partial charge in [-0.25, -0.2) is 4.68 Å². The maximum Gasteiger partial charge on any atom is 0.252 e. The van der Waals surface area contributed by atoms with Crippen LogP contribution in [0.4, 0.5) is 0 Å². The Balaban J connectivity index is 1.51. The number of nitrogens with one attached hydrogen (secondary N) is 1. The van der Waals surface area contributed by atoms with Crippen LogP contribution < -0.4 is 10.3 Å². The first-order valence-corrected chi connectivity index (χ1v) is 12.3. The van der Waals surface area contributed by atoms with Crippen molar-refractivity contribution in [3.8, 4) is 5.75 Å². The highest BCUT2D eigenvalue weighted by molar-refractivity contribution is 5.80. The maximum atomic E-state index is 13.1. The summed E-state index contributed by atoms with van der Waals surface area (Å²) in [7, 11) is 0. The van der Waals surface area contributed by atoms with Crippen molar-refractivity contribution < 1.29 is 9.15 Å². The van der Waals surface area contributed by atoms with Crippen LogP contribution in [0.1, 0.15) is 49.0 Å². The van der Waals surface area contributed by atoms with Crippen molar-refractivity contribution in [2.75, 3.05) is 6.61 Å². The van der Waals surface area contributed by atoms with E-state index in [4.69, 9.17) is 9.15 Å². The molecule has 5 rings (SSSR count). The summed E-state index contributed by atoms with van der Waals surface area (Å²) in [6, 6.07) is 15.1. The van der Waals surface area contributed by atoms with E-state index in [1.165, 1.54) is 0 Å². The standard InChI is InChI=1S/C27H29N7O3/c1-3-25(26-30-31-32-34(26)18-23-8-6-12-37-23)33(16-19-7-5-11-28-15-19)17-21-13-20-14-22(36-4-2)9-10-24(20)29-27(21)35/h5-15,25H,3-4,16-18H2,1-2H3,(H,29,35). The lowest BCUT2D eigenvalue weighted by Crippen LogP contribution is -2.32. The normalized spacial score (nSPS) is 12.3. The monoisotopic (exact) mass is 499 g/mol. The van der Waals surface area contributed by atoms with Gasteiger partial charge in [-0.05, 0) is 71.8 Å². The van der Waals surface area contributed by atoms with Crippen LogP contribution in [0.3, 0.4) is 0 Å². The zero-order valence-corrected chi connectivity index (χ0v) is 20.9. The summed E-state index contributed by atoms with van der Waals surface area (Å²) in [4.78, 5) is 22.6. The van der Waals surface area contributed by atoms with E-state index >= 15 is 0 Å². The van der Waals surface area contributed by atoms with Crippen LogP contribution in [0, 0.1) is 0 Å². The minimum absolute atomic E-state index is 0.127. The zero-order chi connectivity index (χ0) is 25.6. The van der Waals surface area contributed by atoms with Crippen LogP contribution in [0.2, 0.25) is 0 Å². The number of fused-ring (bicyclic) bond motifs is 1. The predicted octanol–water partition coefficient (Wildman–Crippen LogP) is 4.10. The minimum atomic E-state index is -0.157. The Hall–Kier alpha value is -4.31. The van der Waals surface area contributed by atoms with Gasteiger partial charge in [0.2, 0.25) is 0 Å². The number of furan rings is 1. The topological polar surface area (TPSA) is 115 Å². The summed E-state index contributed by atoms with van der Waals surface area (Å²) in [5.74, 6) is 2.24. The molecule has 0 saturated heterocycles. The molecule has 0 radical (unpaired) electrons. The summed E-state index contributed by atoms with van der Waals surface area (Å²) in [5.41, 5.74) is 2.32. The zero-order valence-electron chi connectivity index (χ0n) is 20.9. The second-order valence-corrected chi connectivity index (χ2v) is 8.77. The van der Waals surface area contributed by atoms with Crippen molar-refractivity contribution >= 4 is 10.9 Å². The third-order valence-corrected chi connectivity index (χ3v) is 6.26. The van der Waals surface area contributed by atoms with Gasteiger partial charge in [0.25, 0.3) is 5.56 Å². The molecule has 1 aromatic carbocycles. The molecule has 1 atom stereocenters.